The van der Waals surface area contributed by atoms with Crippen LogP contribution in [0.3, 0.4) is 0 Å². The molecule has 0 radical (unpaired) electrons. The first kappa shape index (κ1) is 69.9. The van der Waals surface area contributed by atoms with Gasteiger partial charge in [0, 0.05) is 46.3 Å². The number of fused-ring (bicyclic) bond motifs is 16. The van der Waals surface area contributed by atoms with E-state index in [1.54, 1.807) is 24.3 Å². The third-order valence-electron chi connectivity index (χ3n) is 23.8. The zero-order valence-electron chi connectivity index (χ0n) is 61.9. The molecular weight excluding hydrogens is 1440 g/mol. The van der Waals surface area contributed by atoms with Crippen molar-refractivity contribution in [3.05, 3.63) is 489 Å². The molecule has 0 aromatic heterocycles. The summed E-state index contributed by atoms with van der Waals surface area (Å²) in [7, 11) is 0. The molecule has 2 unspecified atom stereocenters. The Kier molecular flexibility index (Phi) is 16.8. The minimum absolute atomic E-state index is 0.335. The zero-order chi connectivity index (χ0) is 77.8. The summed E-state index contributed by atoms with van der Waals surface area (Å²) >= 11 is 0. The van der Waals surface area contributed by atoms with E-state index in [0.717, 1.165) is 146 Å². The lowest BCUT2D eigenvalue weighted by atomic mass is 9.67. The second-order valence-electron chi connectivity index (χ2n) is 29.8. The molecule has 0 amide bonds. The van der Waals surface area contributed by atoms with Gasteiger partial charge < -0.3 is 19.3 Å². The molecule has 552 valence electrons. The summed E-state index contributed by atoms with van der Waals surface area (Å²) in [6, 6.07) is 112. The van der Waals surface area contributed by atoms with E-state index in [1.807, 2.05) is 168 Å². The topological polar surface area (TPSA) is 24.9 Å². The van der Waals surface area contributed by atoms with Gasteiger partial charge in [0.2, 0.25) is 0 Å². The number of halogens is 6. The molecule has 16 aromatic carbocycles. The monoisotopic (exact) mass is 1500 g/mol. The van der Waals surface area contributed by atoms with Crippen LogP contribution < -0.4 is 19.3 Å². The van der Waals surface area contributed by atoms with Crippen LogP contribution in [0.1, 0.15) is 89.0 Å². The normalized spacial score (nSPS) is 16.0. The second-order valence-corrected chi connectivity index (χ2v) is 29.8. The number of ether oxygens (including phenoxy) is 2. The van der Waals surface area contributed by atoms with E-state index in [4.69, 9.17) is 9.47 Å². The third kappa shape index (κ3) is 11.1. The van der Waals surface area contributed by atoms with Crippen LogP contribution in [0.25, 0.3) is 56.7 Å². The lowest BCUT2D eigenvalue weighted by molar-refractivity contribution is 0.306. The maximum atomic E-state index is 16.5. The summed E-state index contributed by atoms with van der Waals surface area (Å²) in [5.41, 5.74) is 22.6. The Balaban J connectivity index is 0.758. The van der Waals surface area contributed by atoms with Gasteiger partial charge in [0.1, 0.15) is 36.3 Å². The first-order valence-corrected chi connectivity index (χ1v) is 38.2. The highest BCUT2D eigenvalue weighted by molar-refractivity contribution is 5.99. The quantitative estimate of drug-likeness (QED) is 0.0800. The van der Waals surface area contributed by atoms with Crippen LogP contribution in [-0.2, 0) is 29.5 Å². The predicted octanol–water partition coefficient (Wildman–Crippen LogP) is 27.0. The van der Waals surface area contributed by atoms with Crippen LogP contribution in [0.15, 0.2) is 365 Å². The number of rotatable bonds is 18. The highest BCUT2D eigenvalue weighted by Crippen LogP contribution is 2.66. The first-order valence-electron chi connectivity index (χ1n) is 38.2. The number of benzene rings is 16. The number of hydrogen-bond donors (Lipinski definition) is 0. The summed E-state index contributed by atoms with van der Waals surface area (Å²) in [5, 5.41) is 0. The molecule has 1 spiro atoms. The van der Waals surface area contributed by atoms with Gasteiger partial charge in [-0.3, -0.25) is 0 Å². The molecule has 115 heavy (non-hydrogen) atoms. The maximum Gasteiger partial charge on any atom is 0.160 e. The molecule has 20 rings (SSSR count). The van der Waals surface area contributed by atoms with Gasteiger partial charge in [-0.05, 0) is 255 Å². The molecule has 0 N–H and O–H groups in total. The van der Waals surface area contributed by atoms with Gasteiger partial charge in [0.25, 0.3) is 0 Å². The first-order chi connectivity index (χ1) is 56.3. The zero-order valence-corrected chi connectivity index (χ0v) is 61.9. The standard InChI is InChI=1S/C105H68F6N2O2/c1-3-65-21-25-67(26-22-65)63-114-81-47-33-71(34-48-81)103(69-29-37-73(106)38-30-69)91-17-9-5-13-83(91)87-51-41-75(57-95(87)103)112(79-45-55-99(108)101(110)61-79)77-43-53-89-85-15-7-11-19-93(85)105(97(89)59-77)94-20-12-8-16-86(94)90-54-44-78(60-98(90)105)113(80-46-56-100(109)102(111)62-80)76-42-52-88-84-14-6-10-18-92(84)104(96(88)58-76,70-31-39-74(107)40-32-70)72-35-49-82(50-36-72)115-64-68-27-23-66(4-2)24-28-68/h3-62H,1-2,63-64H2. The van der Waals surface area contributed by atoms with Gasteiger partial charge >= 0.3 is 0 Å². The maximum absolute atomic E-state index is 16.5. The Labute approximate surface area is 662 Å². The van der Waals surface area contributed by atoms with Crippen LogP contribution in [0.4, 0.5) is 60.5 Å². The molecule has 2 atom stereocenters. The second kappa shape index (κ2) is 27.6. The average Bonchev–Trinajstić information content (AvgIpc) is 1.51. The van der Waals surface area contributed by atoms with E-state index in [-0.39, 0.29) is 11.6 Å². The van der Waals surface area contributed by atoms with E-state index < -0.39 is 39.5 Å². The molecule has 4 aliphatic carbocycles. The van der Waals surface area contributed by atoms with Crippen LogP contribution >= 0.6 is 0 Å². The summed E-state index contributed by atoms with van der Waals surface area (Å²) < 4.78 is 108. The molecule has 4 aliphatic rings. The summed E-state index contributed by atoms with van der Waals surface area (Å²) in [4.78, 5) is 3.95. The molecule has 0 bridgehead atoms. The predicted molar refractivity (Wildman–Crippen MR) is 448 cm³/mol. The van der Waals surface area contributed by atoms with E-state index in [1.165, 1.54) is 36.4 Å². The molecule has 0 heterocycles. The number of nitrogens with zero attached hydrogens (tertiary/aromatic N) is 2. The van der Waals surface area contributed by atoms with Crippen LogP contribution in [-0.4, -0.2) is 0 Å². The smallest absolute Gasteiger partial charge is 0.160 e. The van der Waals surface area contributed by atoms with Gasteiger partial charge in [-0.1, -0.05) is 244 Å². The van der Waals surface area contributed by atoms with Gasteiger partial charge in [-0.25, -0.2) is 26.3 Å². The van der Waals surface area contributed by atoms with Crippen molar-refractivity contribution in [2.75, 3.05) is 9.80 Å². The van der Waals surface area contributed by atoms with Crippen molar-refractivity contribution in [3.8, 4) is 56.0 Å². The fourth-order valence-electron chi connectivity index (χ4n) is 18.8. The lowest BCUT2D eigenvalue weighted by Gasteiger charge is -2.35. The van der Waals surface area contributed by atoms with Crippen LogP contribution in [0, 0.1) is 34.9 Å². The van der Waals surface area contributed by atoms with Crippen molar-refractivity contribution in [2.24, 2.45) is 0 Å². The minimum atomic E-state index is -1.07. The van der Waals surface area contributed by atoms with Gasteiger partial charge in [-0.2, -0.15) is 0 Å². The lowest BCUT2D eigenvalue weighted by Crippen LogP contribution is -2.29. The Morgan fingerprint density at radius 3 is 0.809 bits per heavy atom. The van der Waals surface area contributed by atoms with Crippen molar-refractivity contribution in [2.45, 2.75) is 29.5 Å². The third-order valence-corrected chi connectivity index (χ3v) is 23.8. The SMILES string of the molecule is C=Cc1ccc(COc2ccc(C3(c4ccc(F)cc4)c4ccccc4-c4ccc(N(c5ccc(F)c(F)c5)c5ccc6c(c5)C5(c7ccccc7-6)c6ccccc6-c6ccc(N(c7ccc(F)c(F)c7)c7ccc8c(c7)C(c7ccc(F)cc7)(c7ccc(OCc9ccc(C=C)cc9)cc7)c7ccccc7-8)cc65)cc43)cc2)cc1. The average molecular weight is 1500 g/mol. The largest absolute Gasteiger partial charge is 0.489 e. The van der Waals surface area contributed by atoms with Gasteiger partial charge in [-0.15, -0.1) is 0 Å². The molecule has 10 heteroatoms. The van der Waals surface area contributed by atoms with E-state index >= 15 is 26.3 Å². The summed E-state index contributed by atoms with van der Waals surface area (Å²) in [6.07, 6.45) is 3.61. The van der Waals surface area contributed by atoms with Crippen molar-refractivity contribution < 1.29 is 35.8 Å². The Morgan fingerprint density at radius 2 is 0.504 bits per heavy atom. The summed E-state index contributed by atoms with van der Waals surface area (Å²) in [5.74, 6) is -3.56. The Morgan fingerprint density at radius 1 is 0.243 bits per heavy atom. The Bertz CT molecular complexity index is 6200. The van der Waals surface area contributed by atoms with E-state index in [9.17, 15) is 0 Å². The van der Waals surface area contributed by atoms with E-state index in [2.05, 4.69) is 147 Å². The molecule has 4 nitrogen and oxygen atoms in total. The van der Waals surface area contributed by atoms with Crippen molar-refractivity contribution in [1.29, 1.82) is 0 Å². The highest BCUT2D eigenvalue weighted by atomic mass is 19.2. The number of hydrogen-bond acceptors (Lipinski definition) is 4. The van der Waals surface area contributed by atoms with Gasteiger partial charge in [0.05, 0.1) is 16.2 Å². The molecule has 16 aromatic rings. The fraction of sp³-hybridized carbons (Fsp3) is 0.0476. The molecule has 0 aliphatic heterocycles. The van der Waals surface area contributed by atoms with Crippen molar-refractivity contribution >= 4 is 46.3 Å². The molecular formula is C105H68F6N2O2. The molecule has 0 saturated heterocycles. The molecule has 0 fully saturated rings. The van der Waals surface area contributed by atoms with Crippen LogP contribution in [0.5, 0.6) is 11.5 Å². The fourth-order valence-corrected chi connectivity index (χ4v) is 18.8. The van der Waals surface area contributed by atoms with Crippen molar-refractivity contribution in [1.82, 2.24) is 0 Å². The Hall–Kier alpha value is -14.2. The number of anilines is 6. The van der Waals surface area contributed by atoms with E-state index in [0.29, 0.717) is 58.8 Å². The highest BCUT2D eigenvalue weighted by Gasteiger charge is 2.53. The molecule has 0 saturated carbocycles. The van der Waals surface area contributed by atoms with Crippen LogP contribution in [0.2, 0.25) is 0 Å². The van der Waals surface area contributed by atoms with Gasteiger partial charge in [0.15, 0.2) is 23.3 Å². The van der Waals surface area contributed by atoms with Crippen molar-refractivity contribution in [3.63, 3.8) is 0 Å². The minimum Gasteiger partial charge on any atom is -0.489 e. The summed E-state index contributed by atoms with van der Waals surface area (Å²) in [6.45, 7) is 8.47.